The van der Waals surface area contributed by atoms with Crippen molar-refractivity contribution in [1.29, 1.82) is 0 Å². The number of primary amides is 1. The molecule has 0 aliphatic heterocycles. The normalized spacial score (nSPS) is 10.6. The Hall–Kier alpha value is -4.17. The number of benzene rings is 2. The van der Waals surface area contributed by atoms with Gasteiger partial charge in [-0.05, 0) is 30.3 Å². The number of nitrogens with one attached hydrogen (secondary N) is 2. The number of hydrogen-bond acceptors (Lipinski definition) is 9. The molecule has 0 spiro atoms. The number of alkyl carbamates (subject to hydrolysis) is 2. The average Bonchev–Trinajstić information content (AvgIpc) is 2.84. The number of hydrogen-bond donors (Lipinski definition) is 3. The number of sulfone groups is 1. The van der Waals surface area contributed by atoms with Gasteiger partial charge in [0, 0.05) is 7.11 Å². The smallest absolute Gasteiger partial charge is 0.413 e. The molecule has 0 heterocycles. The topological polar surface area (TPSA) is 179 Å². The number of nitrogens with two attached hydrogens (primary N) is 1. The number of carbonyl (C=O) groups is 3. The van der Waals surface area contributed by atoms with E-state index in [4.69, 9.17) is 10.5 Å². The van der Waals surface area contributed by atoms with Crippen LogP contribution in [-0.4, -0.2) is 67.1 Å². The van der Waals surface area contributed by atoms with E-state index in [9.17, 15) is 22.8 Å². The van der Waals surface area contributed by atoms with Gasteiger partial charge in [0.25, 0.3) is 0 Å². The third-order valence-electron chi connectivity index (χ3n) is 4.43. The first-order valence-corrected chi connectivity index (χ1v) is 11.4. The van der Waals surface area contributed by atoms with Crippen LogP contribution in [0.25, 0.3) is 0 Å². The molecule has 0 radical (unpaired) electrons. The Balaban J connectivity index is 2.73. The van der Waals surface area contributed by atoms with Crippen molar-refractivity contribution in [3.63, 3.8) is 0 Å². The Morgan fingerprint density at radius 1 is 0.943 bits per heavy atom. The van der Waals surface area contributed by atoms with Crippen molar-refractivity contribution in [2.24, 2.45) is 10.7 Å². The molecule has 0 fully saturated rings. The van der Waals surface area contributed by atoms with Crippen molar-refractivity contribution < 1.29 is 37.0 Å². The van der Waals surface area contributed by atoms with Crippen molar-refractivity contribution in [2.75, 3.05) is 39.4 Å². The minimum Gasteiger partial charge on any atom is -0.453 e. The van der Waals surface area contributed by atoms with Crippen molar-refractivity contribution in [3.8, 4) is 0 Å². The van der Waals surface area contributed by atoms with Crippen molar-refractivity contribution in [2.45, 2.75) is 9.79 Å². The minimum atomic E-state index is -3.99. The number of amides is 4. The number of ether oxygens (including phenoxy) is 3. The highest BCUT2D eigenvalue weighted by Gasteiger charge is 2.23. The summed E-state index contributed by atoms with van der Waals surface area (Å²) in [5, 5.41) is 4.35. The van der Waals surface area contributed by atoms with E-state index >= 15 is 0 Å². The summed E-state index contributed by atoms with van der Waals surface area (Å²) in [6.45, 7) is 0.104. The Morgan fingerprint density at radius 3 is 2.06 bits per heavy atom. The molecule has 13 nitrogen and oxygen atoms in total. The summed E-state index contributed by atoms with van der Waals surface area (Å²) >= 11 is 0. The van der Waals surface area contributed by atoms with Gasteiger partial charge < -0.3 is 19.9 Å². The first-order valence-electron chi connectivity index (χ1n) is 9.92. The molecule has 4 amide bonds. The average molecular weight is 508 g/mol. The minimum absolute atomic E-state index is 0.00330. The summed E-state index contributed by atoms with van der Waals surface area (Å²) in [7, 11) is -0.389. The predicted molar refractivity (Wildman–Crippen MR) is 125 cm³/mol. The van der Waals surface area contributed by atoms with Crippen LogP contribution in [0.3, 0.4) is 0 Å². The first-order chi connectivity index (χ1) is 16.6. The lowest BCUT2D eigenvalue weighted by Gasteiger charge is -2.22. The molecule has 35 heavy (non-hydrogen) atoms. The second-order valence-corrected chi connectivity index (χ2v) is 8.59. The molecular weight excluding hydrogens is 482 g/mol. The van der Waals surface area contributed by atoms with Gasteiger partial charge in [0.15, 0.2) is 0 Å². The summed E-state index contributed by atoms with van der Waals surface area (Å²) in [6, 6.07) is 10.5. The lowest BCUT2D eigenvalue weighted by atomic mass is 10.2. The summed E-state index contributed by atoms with van der Waals surface area (Å²) in [4.78, 5) is 40.8. The van der Waals surface area contributed by atoms with Crippen LogP contribution in [0.15, 0.2) is 63.3 Å². The molecule has 0 atom stereocenters. The molecule has 0 unspecified atom stereocenters. The number of aliphatic imine (C=N–C) groups is 1. The van der Waals surface area contributed by atoms with Crippen LogP contribution in [0.1, 0.15) is 0 Å². The third kappa shape index (κ3) is 7.15. The summed E-state index contributed by atoms with van der Waals surface area (Å²) in [6.07, 6.45) is -1.97. The lowest BCUT2D eigenvalue weighted by Crippen LogP contribution is -2.43. The van der Waals surface area contributed by atoms with E-state index in [0.717, 1.165) is 19.1 Å². The number of nitrogens with zero attached hydrogens (tertiary/aromatic N) is 2. The fourth-order valence-corrected chi connectivity index (χ4v) is 4.06. The van der Waals surface area contributed by atoms with Crippen molar-refractivity contribution >= 4 is 45.4 Å². The molecular formula is C21H25N5O8S. The molecule has 0 saturated heterocycles. The maximum atomic E-state index is 13.2. The molecule has 0 aliphatic carbocycles. The molecule has 14 heteroatoms. The predicted octanol–water partition coefficient (Wildman–Crippen LogP) is 1.75. The van der Waals surface area contributed by atoms with Gasteiger partial charge >= 0.3 is 18.2 Å². The molecule has 4 N–H and O–H groups in total. The molecule has 0 bridgehead atoms. The van der Waals surface area contributed by atoms with Crippen LogP contribution >= 0.6 is 0 Å². The molecule has 0 saturated carbocycles. The van der Waals surface area contributed by atoms with E-state index in [1.807, 2.05) is 0 Å². The zero-order chi connectivity index (χ0) is 26.0. The van der Waals surface area contributed by atoms with Crippen LogP contribution < -0.4 is 21.3 Å². The maximum absolute atomic E-state index is 13.2. The quantitative estimate of drug-likeness (QED) is 0.374. The van der Waals surface area contributed by atoms with E-state index in [-0.39, 0.29) is 34.3 Å². The highest BCUT2D eigenvalue weighted by atomic mass is 32.2. The summed E-state index contributed by atoms with van der Waals surface area (Å²) < 4.78 is 40.4. The number of rotatable bonds is 7. The number of anilines is 1. The van der Waals surface area contributed by atoms with Crippen LogP contribution in [0.5, 0.6) is 0 Å². The number of guanidine groups is 1. The van der Waals surface area contributed by atoms with E-state index in [0.29, 0.717) is 0 Å². The molecule has 0 aromatic heterocycles. The highest BCUT2D eigenvalue weighted by Crippen LogP contribution is 2.33. The first kappa shape index (κ1) is 27.1. The van der Waals surface area contributed by atoms with Gasteiger partial charge in [0.1, 0.15) is 0 Å². The molecule has 0 aliphatic rings. The summed E-state index contributed by atoms with van der Waals surface area (Å²) in [5.74, 6) is -0.463. The van der Waals surface area contributed by atoms with Gasteiger partial charge in [-0.15, -0.1) is 0 Å². The molecule has 188 valence electrons. The number of methoxy groups -OCH3 is 3. The second-order valence-electron chi connectivity index (χ2n) is 6.64. The Kier molecular flexibility index (Phi) is 9.54. The highest BCUT2D eigenvalue weighted by molar-refractivity contribution is 7.91. The van der Waals surface area contributed by atoms with Gasteiger partial charge in [-0.25, -0.2) is 27.8 Å². The van der Waals surface area contributed by atoms with Crippen LogP contribution in [0.4, 0.5) is 25.8 Å². The standard InChI is InChI=1S/C21H25N5O8S/c1-32-12-11-26(18(22)27)17-10-9-15(35(30,31)14-7-5-4-6-8-14)13-16(17)23-19(24-20(28)33-2)25-21(29)34-3/h4-10,13H,11-12H2,1-3H3,(H2,22,27)(H2,23,24,25,28,29). The molecule has 2 aromatic carbocycles. The third-order valence-corrected chi connectivity index (χ3v) is 6.20. The van der Waals surface area contributed by atoms with E-state index in [1.54, 1.807) is 18.2 Å². The van der Waals surface area contributed by atoms with E-state index in [1.165, 1.54) is 37.4 Å². The number of carbonyl (C=O) groups excluding carboxylic acids is 3. The van der Waals surface area contributed by atoms with Gasteiger partial charge in [-0.2, -0.15) is 0 Å². The van der Waals surface area contributed by atoms with Gasteiger partial charge in [-0.1, -0.05) is 18.2 Å². The molecule has 2 rings (SSSR count). The van der Waals surface area contributed by atoms with Crippen molar-refractivity contribution in [3.05, 3.63) is 48.5 Å². The maximum Gasteiger partial charge on any atom is 0.413 e. The Bertz CT molecular complexity index is 1180. The van der Waals surface area contributed by atoms with Crippen molar-refractivity contribution in [1.82, 2.24) is 10.6 Å². The molecule has 2 aromatic rings. The largest absolute Gasteiger partial charge is 0.453 e. The van der Waals surface area contributed by atoms with Crippen LogP contribution in [-0.2, 0) is 24.0 Å². The Labute approximate surface area is 201 Å². The van der Waals surface area contributed by atoms with Gasteiger partial charge in [0.05, 0.1) is 48.5 Å². The fourth-order valence-electron chi connectivity index (χ4n) is 2.76. The van der Waals surface area contributed by atoms with Crippen LogP contribution in [0, 0.1) is 0 Å². The zero-order valence-corrected chi connectivity index (χ0v) is 20.0. The van der Waals surface area contributed by atoms with E-state index in [2.05, 4.69) is 25.1 Å². The Morgan fingerprint density at radius 2 is 1.54 bits per heavy atom. The fraction of sp³-hybridized carbons (Fsp3) is 0.238. The van der Waals surface area contributed by atoms with Gasteiger partial charge in [-0.3, -0.25) is 15.5 Å². The van der Waals surface area contributed by atoms with E-state index < -0.39 is 34.0 Å². The lowest BCUT2D eigenvalue weighted by molar-refractivity contribution is 0.173. The summed E-state index contributed by atoms with van der Waals surface area (Å²) in [5.41, 5.74) is 5.47. The second kappa shape index (κ2) is 12.3. The monoisotopic (exact) mass is 507 g/mol. The number of urea groups is 1. The zero-order valence-electron chi connectivity index (χ0n) is 19.2. The SMILES string of the molecule is COCCN(C(N)=O)c1ccc(S(=O)(=O)c2ccccc2)cc1N=C(NC(=O)OC)NC(=O)OC. The van der Waals surface area contributed by atoms with Gasteiger partial charge in [0.2, 0.25) is 15.8 Å². The van der Waals surface area contributed by atoms with Crippen LogP contribution in [0.2, 0.25) is 0 Å².